The van der Waals surface area contributed by atoms with Crippen LogP contribution in [-0.4, -0.2) is 27.3 Å². The summed E-state index contributed by atoms with van der Waals surface area (Å²) in [5.41, 5.74) is 28.1. The number of rotatable bonds is 9. The summed E-state index contributed by atoms with van der Waals surface area (Å²) in [5, 5.41) is 7.94. The van der Waals surface area contributed by atoms with Crippen molar-refractivity contribution < 1.29 is 0 Å². The first-order valence-corrected chi connectivity index (χ1v) is 24.7. The Labute approximate surface area is 399 Å². The Morgan fingerprint density at radius 3 is 1.67 bits per heavy atom. The highest BCUT2D eigenvalue weighted by molar-refractivity contribution is 6.97. The van der Waals surface area contributed by atoms with Crippen LogP contribution in [0.3, 0.4) is 0 Å². The molecule has 7 aromatic carbocycles. The van der Waals surface area contributed by atoms with E-state index >= 15 is 0 Å². The number of benzene rings is 7. The van der Waals surface area contributed by atoms with Crippen molar-refractivity contribution in [3.05, 3.63) is 173 Å². The van der Waals surface area contributed by atoms with Crippen molar-refractivity contribution in [3.8, 4) is 11.1 Å². The van der Waals surface area contributed by atoms with Gasteiger partial charge in [0, 0.05) is 56.7 Å². The van der Waals surface area contributed by atoms with Gasteiger partial charge in [0.25, 0.3) is 0 Å². The predicted octanol–water partition coefficient (Wildman–Crippen LogP) is 11.5. The zero-order chi connectivity index (χ0) is 45.8. The van der Waals surface area contributed by atoms with Crippen LogP contribution in [0.15, 0.2) is 157 Å². The molecule has 0 saturated heterocycles. The molecular weight excluding hydrogens is 809 g/mol. The quantitative estimate of drug-likeness (QED) is 0.142. The number of anilines is 9. The van der Waals surface area contributed by atoms with Crippen molar-refractivity contribution in [1.82, 2.24) is 0 Å². The number of nitrogens with one attached hydrogen (secondary N) is 2. The number of hydrogen-bond donors (Lipinski definition) is 2. The molecule has 0 bridgehead atoms. The van der Waals surface area contributed by atoms with Gasteiger partial charge in [0.15, 0.2) is 14.6 Å². The third-order valence-electron chi connectivity index (χ3n) is 15.2. The first-order valence-electron chi connectivity index (χ1n) is 24.7. The topological polar surface area (TPSA) is 30.5 Å². The fourth-order valence-electron chi connectivity index (χ4n) is 11.7. The van der Waals surface area contributed by atoms with Crippen LogP contribution in [-0.2, 0) is 0 Å². The molecule has 0 amide bonds. The highest BCUT2D eigenvalue weighted by Gasteiger charge is 2.52. The Morgan fingerprint density at radius 1 is 0.522 bits per heavy atom. The average molecular weight is 867 g/mol. The van der Waals surface area contributed by atoms with E-state index in [1.807, 2.05) is 0 Å². The maximum Gasteiger partial charge on any atom is 0.247 e. The molecule has 1 atom stereocenters. The van der Waals surface area contributed by atoms with Gasteiger partial charge in [-0.2, -0.15) is 0 Å². The highest BCUT2D eigenvalue weighted by atomic mass is 15.2. The molecule has 4 heterocycles. The van der Waals surface area contributed by atoms with Crippen LogP contribution in [0.5, 0.6) is 0 Å². The lowest BCUT2D eigenvalue weighted by Crippen LogP contribution is -2.67. The molecule has 67 heavy (non-hydrogen) atoms. The van der Waals surface area contributed by atoms with Crippen LogP contribution in [0.25, 0.3) is 11.1 Å². The minimum atomic E-state index is 0.0876. The van der Waals surface area contributed by atoms with Crippen LogP contribution in [0.4, 0.5) is 51.2 Å². The molecule has 1 unspecified atom stereocenters. The summed E-state index contributed by atoms with van der Waals surface area (Å²) in [5.74, 6) is 1.62. The standard InChI is InChI=1S/C60H57B3N4/c1-34(2)38-24-28-50-44(30-38)61-56-55(54-48(64-42-16-11-9-12-17-42)20-15-21-49(54)65-43-18-13-10-14-19-43)57-60-58-59(56)66(50)52-32-40(36(5)6)22-26-46(52)63(58)47-27-23-41(37(7)8)33-53(47)67(60)51-29-25-39(35(3)4)31-45(51)62-57/h9-32,34-37,53,64-65H,33H2,1-8H3. The summed E-state index contributed by atoms with van der Waals surface area (Å²) >= 11 is 0. The van der Waals surface area contributed by atoms with Gasteiger partial charge in [-0.25, -0.2) is 0 Å². The monoisotopic (exact) mass is 866 g/mol. The van der Waals surface area contributed by atoms with Crippen LogP contribution in [0, 0.1) is 5.92 Å². The molecular formula is C60H57B3N4. The zero-order valence-corrected chi connectivity index (χ0v) is 40.1. The van der Waals surface area contributed by atoms with E-state index < -0.39 is 0 Å². The van der Waals surface area contributed by atoms with E-state index in [1.165, 1.54) is 94.5 Å². The van der Waals surface area contributed by atoms with Gasteiger partial charge in [-0.15, -0.1) is 0 Å². The molecule has 7 heteroatoms. The molecule has 326 valence electrons. The van der Waals surface area contributed by atoms with Gasteiger partial charge < -0.3 is 20.4 Å². The van der Waals surface area contributed by atoms with E-state index in [0.29, 0.717) is 23.7 Å². The van der Waals surface area contributed by atoms with Crippen molar-refractivity contribution in [2.45, 2.75) is 85.6 Å². The van der Waals surface area contributed by atoms with Crippen molar-refractivity contribution in [1.29, 1.82) is 0 Å². The smallest absolute Gasteiger partial charge is 0.247 e. The lowest BCUT2D eigenvalue weighted by atomic mass is 9.29. The van der Waals surface area contributed by atoms with Crippen molar-refractivity contribution in [3.63, 3.8) is 0 Å². The Bertz CT molecular complexity index is 3140. The SMILES string of the molecule is CC(C)C1=CC=C2B3c4ccc(C(C)C)cc4N4c5ccc(C(C)C)cc5[B]c5c(-c6c(Nc7ccccc7)cccc6Nc6ccccc6)c6c(c3c54)N(c3ccc(C(C)C)cc3[B]6)C2C1. The first kappa shape index (κ1) is 41.8. The van der Waals surface area contributed by atoms with Crippen LogP contribution < -0.4 is 53.2 Å². The maximum absolute atomic E-state index is 3.97. The molecule has 0 aromatic heterocycles. The van der Waals surface area contributed by atoms with Gasteiger partial charge >= 0.3 is 0 Å². The number of allylic oxidation sites excluding steroid dienone is 2. The lowest BCUT2D eigenvalue weighted by molar-refractivity contribution is 0.648. The molecule has 1 aliphatic carbocycles. The Hall–Kier alpha value is -6.59. The summed E-state index contributed by atoms with van der Waals surface area (Å²) in [6.07, 6.45) is 5.99. The summed E-state index contributed by atoms with van der Waals surface area (Å²) in [4.78, 5) is 5.48. The van der Waals surface area contributed by atoms with E-state index in [1.54, 1.807) is 0 Å². The summed E-state index contributed by atoms with van der Waals surface area (Å²) in [6, 6.07) is 50.2. The third kappa shape index (κ3) is 6.67. The second-order valence-electron chi connectivity index (χ2n) is 20.7. The molecule has 0 spiro atoms. The van der Waals surface area contributed by atoms with Gasteiger partial charge in [0.1, 0.15) is 0 Å². The van der Waals surface area contributed by atoms with Crippen molar-refractivity contribution in [2.24, 2.45) is 5.92 Å². The summed E-state index contributed by atoms with van der Waals surface area (Å²) in [6.45, 7) is 18.7. The number of hydrogen-bond acceptors (Lipinski definition) is 4. The van der Waals surface area contributed by atoms with Crippen molar-refractivity contribution in [2.75, 3.05) is 20.4 Å². The minimum absolute atomic E-state index is 0.0876. The molecule has 4 nitrogen and oxygen atoms in total. The van der Waals surface area contributed by atoms with E-state index in [0.717, 1.165) is 34.7 Å². The van der Waals surface area contributed by atoms with Crippen LogP contribution in [0.1, 0.15) is 96.3 Å². The first-order chi connectivity index (χ1) is 32.5. The zero-order valence-electron chi connectivity index (χ0n) is 40.1. The molecule has 0 saturated carbocycles. The number of nitrogens with zero attached hydrogens (tertiary/aromatic N) is 2. The molecule has 12 rings (SSSR count). The molecule has 4 aliphatic heterocycles. The molecule has 2 radical (unpaired) electrons. The second-order valence-corrected chi connectivity index (χ2v) is 20.7. The van der Waals surface area contributed by atoms with Gasteiger partial charge in [-0.05, 0) is 118 Å². The highest BCUT2D eigenvalue weighted by Crippen LogP contribution is 2.50. The van der Waals surface area contributed by atoms with Crippen LogP contribution in [0.2, 0.25) is 0 Å². The van der Waals surface area contributed by atoms with Gasteiger partial charge in [0.05, 0.1) is 6.04 Å². The molecule has 7 aromatic rings. The van der Waals surface area contributed by atoms with Gasteiger partial charge in [0.2, 0.25) is 6.71 Å². The Balaban J connectivity index is 1.25. The van der Waals surface area contributed by atoms with Gasteiger partial charge in [-0.3, -0.25) is 0 Å². The molecule has 2 N–H and O–H groups in total. The van der Waals surface area contributed by atoms with Crippen LogP contribution >= 0.6 is 0 Å². The Morgan fingerprint density at radius 2 is 1.07 bits per heavy atom. The van der Waals surface area contributed by atoms with E-state index in [2.05, 4.69) is 236 Å². The van der Waals surface area contributed by atoms with E-state index in [-0.39, 0.29) is 12.8 Å². The molecule has 5 aliphatic rings. The summed E-state index contributed by atoms with van der Waals surface area (Å²) in [7, 11) is 5.11. The second kappa shape index (κ2) is 16.0. The van der Waals surface area contributed by atoms with E-state index in [4.69, 9.17) is 0 Å². The maximum atomic E-state index is 3.97. The fourth-order valence-corrected chi connectivity index (χ4v) is 11.7. The van der Waals surface area contributed by atoms with Crippen molar-refractivity contribution >= 4 is 105 Å². The fraction of sp³-hybridized carbons (Fsp3) is 0.233. The predicted molar refractivity (Wildman–Crippen MR) is 291 cm³/mol. The largest absolute Gasteiger partial charge is 0.355 e. The Kier molecular flexibility index (Phi) is 10.0. The number of fused-ring (bicyclic) bond motifs is 10. The average Bonchev–Trinajstić information content (AvgIpc) is 3.33. The van der Waals surface area contributed by atoms with Gasteiger partial charge in [-0.1, -0.05) is 179 Å². The van der Waals surface area contributed by atoms with E-state index in [9.17, 15) is 0 Å². The number of para-hydroxylation sites is 2. The summed E-state index contributed by atoms with van der Waals surface area (Å²) < 4.78 is 0. The molecule has 0 fully saturated rings. The lowest BCUT2D eigenvalue weighted by Gasteiger charge is -2.54. The third-order valence-corrected chi connectivity index (χ3v) is 15.2. The minimum Gasteiger partial charge on any atom is -0.355 e. The normalized spacial score (nSPS) is 15.8.